The van der Waals surface area contributed by atoms with Gasteiger partial charge in [0.15, 0.2) is 6.10 Å². The van der Waals surface area contributed by atoms with Gasteiger partial charge >= 0.3 is 0 Å². The normalized spacial score (nSPS) is 21.8. The summed E-state index contributed by atoms with van der Waals surface area (Å²) in [5.74, 6) is 1.24. The third-order valence-electron chi connectivity index (χ3n) is 4.36. The Hall–Kier alpha value is -2.06. The molecule has 24 heavy (non-hydrogen) atoms. The number of amides is 1. The molecule has 1 heterocycles. The van der Waals surface area contributed by atoms with E-state index in [1.807, 2.05) is 0 Å². The molecule has 2 rings (SSSR count). The van der Waals surface area contributed by atoms with Gasteiger partial charge in [-0.1, -0.05) is 13.8 Å². The van der Waals surface area contributed by atoms with Crippen molar-refractivity contribution in [1.29, 1.82) is 5.26 Å². The van der Waals surface area contributed by atoms with E-state index in [1.54, 1.807) is 31.2 Å². The van der Waals surface area contributed by atoms with Crippen LogP contribution in [0.1, 0.15) is 39.2 Å². The molecule has 1 amide bonds. The second-order valence-corrected chi connectivity index (χ2v) is 6.62. The molecule has 5 nitrogen and oxygen atoms in total. The second kappa shape index (κ2) is 8.70. The lowest BCUT2D eigenvalue weighted by molar-refractivity contribution is -0.128. The van der Waals surface area contributed by atoms with Gasteiger partial charge in [0, 0.05) is 19.1 Å². The molecule has 1 aromatic rings. The number of carbonyl (C=O) groups is 1. The van der Waals surface area contributed by atoms with Crippen LogP contribution in [-0.2, 0) is 9.53 Å². The minimum absolute atomic E-state index is 0.132. The molecule has 1 N–H and O–H groups in total. The molecule has 0 aromatic heterocycles. The van der Waals surface area contributed by atoms with Gasteiger partial charge in [0.05, 0.1) is 17.7 Å². The second-order valence-electron chi connectivity index (χ2n) is 6.62. The highest BCUT2D eigenvalue weighted by atomic mass is 16.5. The standard InChI is InChI=1S/C19H26N2O3/c1-13(2)18-16(5-4-10-23-18)12-21-19(22)14(3)24-17-8-6-15(11-20)7-9-17/h6-9,13-14,16,18H,4-5,10,12H2,1-3H3,(H,21,22)/t14-,16+,18-/m0/s1. The number of nitrogens with zero attached hydrogens (tertiary/aromatic N) is 1. The van der Waals surface area contributed by atoms with E-state index in [-0.39, 0.29) is 12.0 Å². The molecule has 0 aliphatic carbocycles. The molecule has 1 aromatic carbocycles. The molecule has 0 spiro atoms. The number of hydrogen-bond acceptors (Lipinski definition) is 4. The number of carbonyl (C=O) groups excluding carboxylic acids is 1. The molecular weight excluding hydrogens is 304 g/mol. The van der Waals surface area contributed by atoms with E-state index in [0.29, 0.717) is 29.7 Å². The van der Waals surface area contributed by atoms with Crippen LogP contribution in [0.5, 0.6) is 5.75 Å². The molecule has 1 aliphatic heterocycles. The first-order chi connectivity index (χ1) is 11.5. The van der Waals surface area contributed by atoms with Crippen LogP contribution in [0.2, 0.25) is 0 Å². The Bertz CT molecular complexity index is 577. The summed E-state index contributed by atoms with van der Waals surface area (Å²) < 4.78 is 11.5. The van der Waals surface area contributed by atoms with Crippen molar-refractivity contribution in [3.8, 4) is 11.8 Å². The summed E-state index contributed by atoms with van der Waals surface area (Å²) in [5.41, 5.74) is 0.566. The summed E-state index contributed by atoms with van der Waals surface area (Å²) in [6, 6.07) is 8.80. The Kier molecular flexibility index (Phi) is 6.62. The Balaban J connectivity index is 1.83. The molecule has 1 saturated heterocycles. The van der Waals surface area contributed by atoms with E-state index in [1.165, 1.54) is 0 Å². The number of nitrogens with one attached hydrogen (secondary N) is 1. The summed E-state index contributed by atoms with van der Waals surface area (Å²) >= 11 is 0. The summed E-state index contributed by atoms with van der Waals surface area (Å²) in [7, 11) is 0. The lowest BCUT2D eigenvalue weighted by Gasteiger charge is -2.34. The van der Waals surface area contributed by atoms with Crippen molar-refractivity contribution in [3.63, 3.8) is 0 Å². The highest BCUT2D eigenvalue weighted by Gasteiger charge is 2.29. The van der Waals surface area contributed by atoms with E-state index in [2.05, 4.69) is 25.2 Å². The first-order valence-corrected chi connectivity index (χ1v) is 8.57. The van der Waals surface area contributed by atoms with Crippen molar-refractivity contribution in [1.82, 2.24) is 5.32 Å². The van der Waals surface area contributed by atoms with Crippen LogP contribution in [0.3, 0.4) is 0 Å². The van der Waals surface area contributed by atoms with Gasteiger partial charge in [0.1, 0.15) is 5.75 Å². The maximum Gasteiger partial charge on any atom is 0.260 e. The zero-order valence-corrected chi connectivity index (χ0v) is 14.6. The van der Waals surface area contributed by atoms with Crippen LogP contribution in [0.15, 0.2) is 24.3 Å². The van der Waals surface area contributed by atoms with Crippen LogP contribution in [0, 0.1) is 23.2 Å². The summed E-state index contributed by atoms with van der Waals surface area (Å²) in [6.45, 7) is 7.46. The maximum atomic E-state index is 12.3. The van der Waals surface area contributed by atoms with Crippen LogP contribution < -0.4 is 10.1 Å². The van der Waals surface area contributed by atoms with E-state index in [0.717, 1.165) is 19.4 Å². The van der Waals surface area contributed by atoms with Crippen LogP contribution in [0.25, 0.3) is 0 Å². The fourth-order valence-corrected chi connectivity index (χ4v) is 3.06. The molecule has 0 unspecified atom stereocenters. The summed E-state index contributed by atoms with van der Waals surface area (Å²) in [6.07, 6.45) is 1.74. The minimum atomic E-state index is -0.583. The summed E-state index contributed by atoms with van der Waals surface area (Å²) in [4.78, 5) is 12.3. The van der Waals surface area contributed by atoms with Crippen molar-refractivity contribution >= 4 is 5.91 Å². The van der Waals surface area contributed by atoms with Gasteiger partial charge < -0.3 is 14.8 Å². The first kappa shape index (κ1) is 18.3. The first-order valence-electron chi connectivity index (χ1n) is 8.57. The Morgan fingerprint density at radius 3 is 2.71 bits per heavy atom. The molecule has 1 fully saturated rings. The Morgan fingerprint density at radius 1 is 1.38 bits per heavy atom. The Labute approximate surface area is 144 Å². The van der Waals surface area contributed by atoms with Gasteiger partial charge in [-0.2, -0.15) is 5.26 Å². The predicted octanol–water partition coefficient (Wildman–Crippen LogP) is 2.89. The minimum Gasteiger partial charge on any atom is -0.481 e. The van der Waals surface area contributed by atoms with Crippen molar-refractivity contribution in [2.45, 2.75) is 45.8 Å². The molecule has 130 valence electrons. The van der Waals surface area contributed by atoms with E-state index in [9.17, 15) is 4.79 Å². The zero-order chi connectivity index (χ0) is 17.5. The summed E-state index contributed by atoms with van der Waals surface area (Å²) in [5, 5.41) is 11.8. The van der Waals surface area contributed by atoms with Gasteiger partial charge in [0.2, 0.25) is 0 Å². The largest absolute Gasteiger partial charge is 0.481 e. The fourth-order valence-electron chi connectivity index (χ4n) is 3.06. The average Bonchev–Trinajstić information content (AvgIpc) is 2.60. The smallest absolute Gasteiger partial charge is 0.260 e. The molecule has 1 aliphatic rings. The van der Waals surface area contributed by atoms with E-state index < -0.39 is 6.10 Å². The number of benzene rings is 1. The Morgan fingerprint density at radius 2 is 2.08 bits per heavy atom. The average molecular weight is 330 g/mol. The molecule has 0 saturated carbocycles. The molecular formula is C19H26N2O3. The lowest BCUT2D eigenvalue weighted by atomic mass is 9.87. The number of nitriles is 1. The number of rotatable bonds is 6. The van der Waals surface area contributed by atoms with E-state index >= 15 is 0 Å². The van der Waals surface area contributed by atoms with Gasteiger partial charge in [-0.25, -0.2) is 0 Å². The molecule has 5 heteroatoms. The van der Waals surface area contributed by atoms with Crippen molar-refractivity contribution in [2.24, 2.45) is 11.8 Å². The van der Waals surface area contributed by atoms with Crippen LogP contribution >= 0.6 is 0 Å². The number of ether oxygens (including phenoxy) is 2. The fraction of sp³-hybridized carbons (Fsp3) is 0.579. The highest BCUT2D eigenvalue weighted by molar-refractivity contribution is 5.80. The van der Waals surface area contributed by atoms with Gasteiger partial charge in [-0.3, -0.25) is 4.79 Å². The predicted molar refractivity (Wildman–Crippen MR) is 91.6 cm³/mol. The van der Waals surface area contributed by atoms with Gasteiger partial charge in [-0.15, -0.1) is 0 Å². The highest BCUT2D eigenvalue weighted by Crippen LogP contribution is 2.25. The third kappa shape index (κ3) is 4.97. The van der Waals surface area contributed by atoms with E-state index in [4.69, 9.17) is 14.7 Å². The monoisotopic (exact) mass is 330 g/mol. The quantitative estimate of drug-likeness (QED) is 0.870. The van der Waals surface area contributed by atoms with Gasteiger partial charge in [0.25, 0.3) is 5.91 Å². The van der Waals surface area contributed by atoms with Crippen molar-refractivity contribution in [3.05, 3.63) is 29.8 Å². The van der Waals surface area contributed by atoms with Crippen molar-refractivity contribution in [2.75, 3.05) is 13.2 Å². The zero-order valence-electron chi connectivity index (χ0n) is 14.6. The van der Waals surface area contributed by atoms with Gasteiger partial charge in [-0.05, 0) is 49.9 Å². The maximum absolute atomic E-state index is 12.3. The SMILES string of the molecule is CC(C)[C@@H]1OCCC[C@@H]1CNC(=O)[C@H](C)Oc1ccc(C#N)cc1. The molecule has 0 bridgehead atoms. The number of hydrogen-bond donors (Lipinski definition) is 1. The molecule has 3 atom stereocenters. The lowest BCUT2D eigenvalue weighted by Crippen LogP contribution is -2.44. The van der Waals surface area contributed by atoms with Crippen molar-refractivity contribution < 1.29 is 14.3 Å². The topological polar surface area (TPSA) is 71.3 Å². The van der Waals surface area contributed by atoms with Crippen LogP contribution in [-0.4, -0.2) is 31.3 Å². The third-order valence-corrected chi connectivity index (χ3v) is 4.36. The molecule has 0 radical (unpaired) electrons. The van der Waals surface area contributed by atoms with Crippen LogP contribution in [0.4, 0.5) is 0 Å².